The zero-order valence-electron chi connectivity index (χ0n) is 9.08. The molecular weight excluding hydrogens is 243 g/mol. The quantitative estimate of drug-likeness (QED) is 0.817. The fourth-order valence-corrected chi connectivity index (χ4v) is 2.44. The van der Waals surface area contributed by atoms with Gasteiger partial charge < -0.3 is 5.11 Å². The second kappa shape index (κ2) is 4.06. The standard InChI is InChI=1S/C13H14Cl2O/c1-12(16,13(15)7-8-13)11(9-14)10-5-3-2-4-6-10/h2-6,9,16H,7-8H2,1H3. The fourth-order valence-electron chi connectivity index (χ4n) is 1.91. The first-order valence-electron chi connectivity index (χ1n) is 5.29. The minimum absolute atomic E-state index is 0.552. The van der Waals surface area contributed by atoms with E-state index in [0.717, 1.165) is 18.4 Å². The van der Waals surface area contributed by atoms with E-state index in [1.54, 1.807) is 6.92 Å². The van der Waals surface area contributed by atoms with Crippen LogP contribution in [0.1, 0.15) is 25.3 Å². The van der Waals surface area contributed by atoms with Gasteiger partial charge in [0, 0.05) is 11.1 Å². The molecule has 1 unspecified atom stereocenters. The normalized spacial score (nSPS) is 22.6. The second-order valence-corrected chi connectivity index (χ2v) is 5.37. The number of benzene rings is 1. The maximum absolute atomic E-state index is 10.5. The number of alkyl halides is 1. The molecule has 1 N–H and O–H groups in total. The maximum Gasteiger partial charge on any atom is 0.107 e. The van der Waals surface area contributed by atoms with Gasteiger partial charge in [-0.3, -0.25) is 0 Å². The molecule has 0 radical (unpaired) electrons. The highest BCUT2D eigenvalue weighted by atomic mass is 35.5. The van der Waals surface area contributed by atoms with Gasteiger partial charge >= 0.3 is 0 Å². The Morgan fingerprint density at radius 3 is 2.38 bits per heavy atom. The molecular formula is C13H14Cl2O. The van der Waals surface area contributed by atoms with Crippen LogP contribution in [0.25, 0.3) is 5.57 Å². The Kier molecular flexibility index (Phi) is 3.04. The SMILES string of the molecule is CC(O)(C(=CCl)c1ccccc1)C1(Cl)CC1. The molecule has 16 heavy (non-hydrogen) atoms. The average molecular weight is 257 g/mol. The van der Waals surface area contributed by atoms with Gasteiger partial charge in [0.05, 0.1) is 4.87 Å². The number of aliphatic hydroxyl groups is 1. The van der Waals surface area contributed by atoms with E-state index in [9.17, 15) is 5.11 Å². The van der Waals surface area contributed by atoms with E-state index in [0.29, 0.717) is 5.57 Å². The van der Waals surface area contributed by atoms with Crippen LogP contribution in [-0.4, -0.2) is 15.6 Å². The lowest BCUT2D eigenvalue weighted by atomic mass is 9.86. The molecule has 1 aliphatic rings. The van der Waals surface area contributed by atoms with E-state index in [2.05, 4.69) is 0 Å². The van der Waals surface area contributed by atoms with Crippen molar-refractivity contribution in [2.24, 2.45) is 0 Å². The smallest absolute Gasteiger partial charge is 0.107 e. The van der Waals surface area contributed by atoms with Gasteiger partial charge in [0.15, 0.2) is 0 Å². The third-order valence-electron chi connectivity index (χ3n) is 3.28. The van der Waals surface area contributed by atoms with Crippen molar-refractivity contribution in [3.8, 4) is 0 Å². The third-order valence-corrected chi connectivity index (χ3v) is 4.24. The van der Waals surface area contributed by atoms with Crippen LogP contribution in [-0.2, 0) is 0 Å². The molecule has 0 saturated heterocycles. The first kappa shape index (κ1) is 12.0. The summed E-state index contributed by atoms with van der Waals surface area (Å²) in [6.07, 6.45) is 1.64. The molecule has 1 aliphatic carbocycles. The summed E-state index contributed by atoms with van der Waals surface area (Å²) < 4.78 is 0. The van der Waals surface area contributed by atoms with Gasteiger partial charge in [0.1, 0.15) is 5.60 Å². The molecule has 1 fully saturated rings. The fraction of sp³-hybridized carbons (Fsp3) is 0.385. The lowest BCUT2D eigenvalue weighted by molar-refractivity contribution is 0.109. The van der Waals surface area contributed by atoms with Crippen molar-refractivity contribution in [3.05, 3.63) is 41.4 Å². The zero-order chi connectivity index (χ0) is 11.8. The summed E-state index contributed by atoms with van der Waals surface area (Å²) in [5, 5.41) is 10.5. The first-order chi connectivity index (χ1) is 7.51. The second-order valence-electron chi connectivity index (χ2n) is 4.43. The molecule has 0 spiro atoms. The topological polar surface area (TPSA) is 20.2 Å². The molecule has 1 aromatic carbocycles. The number of hydrogen-bond donors (Lipinski definition) is 1. The van der Waals surface area contributed by atoms with Gasteiger partial charge in [-0.15, -0.1) is 11.6 Å². The van der Waals surface area contributed by atoms with Crippen LogP contribution in [0.4, 0.5) is 0 Å². The summed E-state index contributed by atoms with van der Waals surface area (Å²) in [5.74, 6) is 0. The Hall–Kier alpha value is -0.500. The van der Waals surface area contributed by atoms with E-state index in [4.69, 9.17) is 23.2 Å². The summed E-state index contributed by atoms with van der Waals surface area (Å²) in [6, 6.07) is 9.60. The van der Waals surface area contributed by atoms with E-state index in [1.165, 1.54) is 5.54 Å². The van der Waals surface area contributed by atoms with Gasteiger partial charge in [0.25, 0.3) is 0 Å². The van der Waals surface area contributed by atoms with Gasteiger partial charge in [-0.25, -0.2) is 0 Å². The van der Waals surface area contributed by atoms with Crippen molar-refractivity contribution in [3.63, 3.8) is 0 Å². The number of rotatable bonds is 3. The van der Waals surface area contributed by atoms with Crippen LogP contribution in [0.15, 0.2) is 35.9 Å². The lowest BCUT2D eigenvalue weighted by Gasteiger charge is -2.31. The van der Waals surface area contributed by atoms with Crippen molar-refractivity contribution in [1.29, 1.82) is 0 Å². The van der Waals surface area contributed by atoms with E-state index < -0.39 is 10.5 Å². The van der Waals surface area contributed by atoms with Gasteiger partial charge in [0.2, 0.25) is 0 Å². The van der Waals surface area contributed by atoms with Crippen LogP contribution in [0.3, 0.4) is 0 Å². The molecule has 0 bridgehead atoms. The molecule has 1 saturated carbocycles. The van der Waals surface area contributed by atoms with Gasteiger partial charge in [-0.2, -0.15) is 0 Å². The maximum atomic E-state index is 10.5. The number of halogens is 2. The van der Waals surface area contributed by atoms with Crippen LogP contribution in [0.2, 0.25) is 0 Å². The Morgan fingerprint density at radius 2 is 1.94 bits per heavy atom. The third kappa shape index (κ3) is 1.88. The molecule has 1 nitrogen and oxygen atoms in total. The van der Waals surface area contributed by atoms with Crippen molar-refractivity contribution in [1.82, 2.24) is 0 Å². The Morgan fingerprint density at radius 1 is 1.38 bits per heavy atom. The van der Waals surface area contributed by atoms with Crippen molar-refractivity contribution in [2.75, 3.05) is 0 Å². The molecule has 1 aromatic rings. The van der Waals surface area contributed by atoms with Crippen molar-refractivity contribution >= 4 is 28.8 Å². The summed E-state index contributed by atoms with van der Waals surface area (Å²) >= 11 is 12.1. The van der Waals surface area contributed by atoms with Crippen LogP contribution in [0, 0.1) is 0 Å². The zero-order valence-corrected chi connectivity index (χ0v) is 10.6. The van der Waals surface area contributed by atoms with Crippen LogP contribution >= 0.6 is 23.2 Å². The van der Waals surface area contributed by atoms with Gasteiger partial charge in [-0.05, 0) is 25.3 Å². The molecule has 0 heterocycles. The lowest BCUT2D eigenvalue weighted by Crippen LogP contribution is -2.38. The molecule has 1 atom stereocenters. The summed E-state index contributed by atoms with van der Waals surface area (Å²) in [7, 11) is 0. The van der Waals surface area contributed by atoms with E-state index in [-0.39, 0.29) is 0 Å². The first-order valence-corrected chi connectivity index (χ1v) is 6.10. The number of hydrogen-bond acceptors (Lipinski definition) is 1. The van der Waals surface area contributed by atoms with Crippen molar-refractivity contribution < 1.29 is 5.11 Å². The Bertz CT molecular complexity index is 405. The largest absolute Gasteiger partial charge is 0.384 e. The van der Waals surface area contributed by atoms with E-state index in [1.807, 2.05) is 30.3 Å². The molecule has 0 amide bonds. The molecule has 3 heteroatoms. The summed E-state index contributed by atoms with van der Waals surface area (Å²) in [4.78, 5) is -0.552. The highest BCUT2D eigenvalue weighted by Gasteiger charge is 2.56. The summed E-state index contributed by atoms with van der Waals surface area (Å²) in [6.45, 7) is 1.73. The summed E-state index contributed by atoms with van der Waals surface area (Å²) in [5.41, 5.74) is 1.94. The molecule has 0 aromatic heterocycles. The minimum atomic E-state index is -1.09. The average Bonchev–Trinajstić information content (AvgIpc) is 3.00. The minimum Gasteiger partial charge on any atom is -0.384 e. The Labute approximate surface area is 106 Å². The van der Waals surface area contributed by atoms with E-state index >= 15 is 0 Å². The predicted octanol–water partition coefficient (Wildman–Crippen LogP) is 3.79. The monoisotopic (exact) mass is 256 g/mol. The highest BCUT2D eigenvalue weighted by Crippen LogP contribution is 2.55. The Balaban J connectivity index is 2.38. The highest BCUT2D eigenvalue weighted by molar-refractivity contribution is 6.31. The molecule has 86 valence electrons. The van der Waals surface area contributed by atoms with Crippen LogP contribution in [0.5, 0.6) is 0 Å². The van der Waals surface area contributed by atoms with Crippen LogP contribution < -0.4 is 0 Å². The predicted molar refractivity (Wildman–Crippen MR) is 68.7 cm³/mol. The van der Waals surface area contributed by atoms with Crippen molar-refractivity contribution in [2.45, 2.75) is 30.2 Å². The molecule has 2 rings (SSSR count). The molecule has 0 aliphatic heterocycles. The van der Waals surface area contributed by atoms with Gasteiger partial charge in [-0.1, -0.05) is 41.9 Å².